The molecule has 0 unspecified atom stereocenters. The highest BCUT2D eigenvalue weighted by Crippen LogP contribution is 2.39. The van der Waals surface area contributed by atoms with Crippen LogP contribution in [-0.2, 0) is 0 Å². The molecule has 0 saturated heterocycles. The number of hydrogen-bond acceptors (Lipinski definition) is 4. The van der Waals surface area contributed by atoms with E-state index in [-0.39, 0.29) is 0 Å². The van der Waals surface area contributed by atoms with Crippen LogP contribution >= 0.6 is 0 Å². The number of anilines is 5. The predicted molar refractivity (Wildman–Crippen MR) is 197 cm³/mol. The molecule has 0 aromatic heterocycles. The summed E-state index contributed by atoms with van der Waals surface area (Å²) >= 11 is 0. The van der Waals surface area contributed by atoms with E-state index in [2.05, 4.69) is 156 Å². The van der Waals surface area contributed by atoms with Crippen molar-refractivity contribution in [3.63, 3.8) is 0 Å². The van der Waals surface area contributed by atoms with Gasteiger partial charge >= 0.3 is 0 Å². The van der Waals surface area contributed by atoms with Crippen molar-refractivity contribution in [2.24, 2.45) is 5.18 Å². The van der Waals surface area contributed by atoms with Gasteiger partial charge in [0.15, 0.2) is 0 Å². The van der Waals surface area contributed by atoms with Crippen molar-refractivity contribution < 1.29 is 0 Å². The van der Waals surface area contributed by atoms with Crippen molar-refractivity contribution in [3.8, 4) is 33.4 Å². The Morgan fingerprint density at radius 3 is 1.30 bits per heavy atom. The Balaban J connectivity index is 1.23. The van der Waals surface area contributed by atoms with E-state index >= 15 is 0 Å². The van der Waals surface area contributed by atoms with Crippen LogP contribution in [0.2, 0.25) is 0 Å². The van der Waals surface area contributed by atoms with Gasteiger partial charge in [0.2, 0.25) is 0 Å². The molecule has 0 aliphatic carbocycles. The topological polar surface area (TPSA) is 35.9 Å². The summed E-state index contributed by atoms with van der Waals surface area (Å²) in [5.74, 6) is 0. The average molecular weight is 608 g/mol. The van der Waals surface area contributed by atoms with Crippen LogP contribution in [0.25, 0.3) is 33.4 Å². The third-order valence-corrected chi connectivity index (χ3v) is 8.46. The molecule has 47 heavy (non-hydrogen) atoms. The van der Waals surface area contributed by atoms with Gasteiger partial charge in [0.05, 0.1) is 0 Å². The quantitative estimate of drug-likeness (QED) is 0.153. The van der Waals surface area contributed by atoms with Crippen molar-refractivity contribution in [1.29, 1.82) is 0 Å². The smallest absolute Gasteiger partial charge is 0.110 e. The lowest BCUT2D eigenvalue weighted by atomic mass is 10.0. The molecule has 0 fully saturated rings. The number of hydrogen-bond donors (Lipinski definition) is 0. The standard InChI is InChI=1S/C43H33N3O/c1-45(41-18-10-17-38(31-41)44-47)39-25-21-34(22-26-39)35-23-27-40(28-24-35)46(42-19-8-15-36(29-42)32-11-4-2-5-12-32)43-20-9-16-37(30-43)33-13-6-3-7-14-33/h2-31H,1H3. The van der Waals surface area contributed by atoms with Gasteiger partial charge in [0, 0.05) is 35.5 Å². The number of benzene rings is 7. The summed E-state index contributed by atoms with van der Waals surface area (Å²) in [5, 5.41) is 3.08. The lowest BCUT2D eigenvalue weighted by molar-refractivity contribution is 1.21. The lowest BCUT2D eigenvalue weighted by Crippen LogP contribution is -2.10. The molecule has 226 valence electrons. The second-order valence-electron chi connectivity index (χ2n) is 11.4. The summed E-state index contributed by atoms with van der Waals surface area (Å²) in [5.41, 5.74) is 12.6. The fraction of sp³-hybridized carbons (Fsp3) is 0.0233. The number of rotatable bonds is 9. The summed E-state index contributed by atoms with van der Waals surface area (Å²) in [6, 6.07) is 63.0. The van der Waals surface area contributed by atoms with Gasteiger partial charge in [-0.2, -0.15) is 0 Å². The van der Waals surface area contributed by atoms with E-state index in [1.54, 1.807) is 12.1 Å². The van der Waals surface area contributed by atoms with Crippen LogP contribution in [0.5, 0.6) is 0 Å². The zero-order valence-electron chi connectivity index (χ0n) is 26.1. The minimum Gasteiger partial charge on any atom is -0.345 e. The van der Waals surface area contributed by atoms with Crippen molar-refractivity contribution in [1.82, 2.24) is 0 Å². The molecule has 0 radical (unpaired) electrons. The van der Waals surface area contributed by atoms with E-state index in [1.807, 2.05) is 36.2 Å². The number of nitrogens with zero attached hydrogens (tertiary/aromatic N) is 3. The first-order valence-electron chi connectivity index (χ1n) is 15.6. The molecule has 0 aliphatic rings. The van der Waals surface area contributed by atoms with E-state index in [1.165, 1.54) is 22.3 Å². The van der Waals surface area contributed by atoms with Crippen LogP contribution < -0.4 is 9.80 Å². The first-order chi connectivity index (χ1) is 23.2. The molecule has 0 atom stereocenters. The van der Waals surface area contributed by atoms with Gasteiger partial charge in [-0.3, -0.25) is 0 Å². The van der Waals surface area contributed by atoms with Crippen LogP contribution in [0.15, 0.2) is 187 Å². The van der Waals surface area contributed by atoms with Crippen LogP contribution in [-0.4, -0.2) is 7.05 Å². The second-order valence-corrected chi connectivity index (χ2v) is 11.4. The molecular formula is C43H33N3O. The summed E-state index contributed by atoms with van der Waals surface area (Å²) < 4.78 is 0. The fourth-order valence-corrected chi connectivity index (χ4v) is 5.95. The van der Waals surface area contributed by atoms with Crippen LogP contribution in [0, 0.1) is 4.91 Å². The van der Waals surface area contributed by atoms with Gasteiger partial charge in [-0.25, -0.2) is 0 Å². The minimum absolute atomic E-state index is 0.415. The second kappa shape index (κ2) is 13.4. The average Bonchev–Trinajstić information content (AvgIpc) is 3.16. The molecule has 0 spiro atoms. The van der Waals surface area contributed by atoms with Crippen molar-refractivity contribution in [2.75, 3.05) is 16.8 Å². The molecule has 7 aromatic rings. The fourth-order valence-electron chi connectivity index (χ4n) is 5.95. The molecule has 0 N–H and O–H groups in total. The van der Waals surface area contributed by atoms with Crippen LogP contribution in [0.4, 0.5) is 34.1 Å². The van der Waals surface area contributed by atoms with Gasteiger partial charge in [-0.15, -0.1) is 4.91 Å². The molecule has 7 rings (SSSR count). The molecule has 0 amide bonds. The van der Waals surface area contributed by atoms with E-state index < -0.39 is 0 Å². The molecule has 4 nitrogen and oxygen atoms in total. The third kappa shape index (κ3) is 6.44. The van der Waals surface area contributed by atoms with Gasteiger partial charge in [-0.1, -0.05) is 115 Å². The summed E-state index contributed by atoms with van der Waals surface area (Å²) in [6.07, 6.45) is 0. The molecule has 0 bridgehead atoms. The van der Waals surface area contributed by atoms with E-state index in [9.17, 15) is 4.91 Å². The van der Waals surface area contributed by atoms with Crippen LogP contribution in [0.1, 0.15) is 0 Å². The highest BCUT2D eigenvalue weighted by molar-refractivity contribution is 5.83. The van der Waals surface area contributed by atoms with E-state index in [4.69, 9.17) is 0 Å². The van der Waals surface area contributed by atoms with Crippen LogP contribution in [0.3, 0.4) is 0 Å². The maximum atomic E-state index is 11.0. The Labute approximate surface area is 275 Å². The van der Waals surface area contributed by atoms with Crippen molar-refractivity contribution in [2.45, 2.75) is 0 Å². The maximum absolute atomic E-state index is 11.0. The Hall–Kier alpha value is -6.26. The Bertz CT molecular complexity index is 2030. The lowest BCUT2D eigenvalue weighted by Gasteiger charge is -2.27. The third-order valence-electron chi connectivity index (χ3n) is 8.46. The molecule has 0 heterocycles. The summed E-state index contributed by atoms with van der Waals surface area (Å²) in [6.45, 7) is 0. The maximum Gasteiger partial charge on any atom is 0.110 e. The first kappa shape index (κ1) is 29.5. The Morgan fingerprint density at radius 1 is 0.362 bits per heavy atom. The SMILES string of the molecule is CN(c1ccc(-c2ccc(N(c3cccc(-c4ccccc4)c3)c3cccc(-c4ccccc4)c3)cc2)cc1)c1cccc(N=O)c1. The van der Waals surface area contributed by atoms with Gasteiger partial charge in [0.25, 0.3) is 0 Å². The van der Waals surface area contributed by atoms with Gasteiger partial charge < -0.3 is 9.80 Å². The minimum atomic E-state index is 0.415. The highest BCUT2D eigenvalue weighted by atomic mass is 16.3. The van der Waals surface area contributed by atoms with Crippen molar-refractivity contribution in [3.05, 3.63) is 187 Å². The zero-order valence-corrected chi connectivity index (χ0v) is 26.1. The summed E-state index contributed by atoms with van der Waals surface area (Å²) in [4.78, 5) is 15.4. The molecule has 4 heteroatoms. The van der Waals surface area contributed by atoms with E-state index in [0.29, 0.717) is 5.69 Å². The number of nitroso groups, excluding NO2 is 1. The highest BCUT2D eigenvalue weighted by Gasteiger charge is 2.15. The monoisotopic (exact) mass is 607 g/mol. The van der Waals surface area contributed by atoms with Gasteiger partial charge in [-0.05, 0) is 105 Å². The molecule has 7 aromatic carbocycles. The first-order valence-corrected chi connectivity index (χ1v) is 15.6. The van der Waals surface area contributed by atoms with Gasteiger partial charge in [0.1, 0.15) is 5.69 Å². The summed E-state index contributed by atoms with van der Waals surface area (Å²) in [7, 11) is 1.99. The Kier molecular flexibility index (Phi) is 8.39. The van der Waals surface area contributed by atoms with Crippen molar-refractivity contribution >= 4 is 34.1 Å². The Morgan fingerprint density at radius 2 is 0.787 bits per heavy atom. The predicted octanol–water partition coefficient (Wildman–Crippen LogP) is 12.3. The molecule has 0 aliphatic heterocycles. The molecule has 0 saturated carbocycles. The zero-order chi connectivity index (χ0) is 32.0. The largest absolute Gasteiger partial charge is 0.345 e. The normalized spacial score (nSPS) is 10.7. The van der Waals surface area contributed by atoms with E-state index in [0.717, 1.165) is 39.6 Å². The molecular weight excluding hydrogens is 574 g/mol.